The third-order valence-electron chi connectivity index (χ3n) is 6.01. The number of hydrogen-bond acceptors (Lipinski definition) is 4. The van der Waals surface area contributed by atoms with Gasteiger partial charge in [-0.25, -0.2) is 0 Å². The molecule has 7 heteroatoms. The van der Waals surface area contributed by atoms with Crippen molar-refractivity contribution in [1.29, 1.82) is 0 Å². The van der Waals surface area contributed by atoms with Gasteiger partial charge in [0.1, 0.15) is 11.9 Å². The van der Waals surface area contributed by atoms with Crippen molar-refractivity contribution in [2.24, 2.45) is 7.05 Å². The van der Waals surface area contributed by atoms with Crippen molar-refractivity contribution in [2.45, 2.75) is 31.9 Å². The Morgan fingerprint density at radius 2 is 2.13 bits per heavy atom. The van der Waals surface area contributed by atoms with Crippen LogP contribution in [-0.2, 0) is 24.8 Å². The van der Waals surface area contributed by atoms with Gasteiger partial charge in [-0.2, -0.15) is 10.2 Å². The summed E-state index contributed by atoms with van der Waals surface area (Å²) in [5.41, 5.74) is 5.88. The van der Waals surface area contributed by atoms with Gasteiger partial charge in [0, 0.05) is 43.2 Å². The van der Waals surface area contributed by atoms with Crippen molar-refractivity contribution < 1.29 is 9.53 Å². The zero-order valence-electron chi connectivity index (χ0n) is 17.7. The number of hydrogen-bond donors (Lipinski definition) is 1. The molecule has 0 fully saturated rings. The maximum absolute atomic E-state index is 11.5. The molecule has 1 N–H and O–H groups in total. The van der Waals surface area contributed by atoms with Gasteiger partial charge in [-0.05, 0) is 42.7 Å². The second-order valence-electron chi connectivity index (χ2n) is 7.88. The average molecular weight is 415 g/mol. The largest absolute Gasteiger partial charge is 0.486 e. The van der Waals surface area contributed by atoms with Crippen molar-refractivity contribution in [3.05, 3.63) is 66.0 Å². The van der Waals surface area contributed by atoms with Gasteiger partial charge in [-0.15, -0.1) is 0 Å². The predicted octanol–water partition coefficient (Wildman–Crippen LogP) is 3.64. The van der Waals surface area contributed by atoms with Crippen molar-refractivity contribution in [2.75, 3.05) is 7.05 Å². The summed E-state index contributed by atoms with van der Waals surface area (Å²) >= 11 is 0. The minimum Gasteiger partial charge on any atom is -0.486 e. The monoisotopic (exact) mass is 415 g/mol. The molecular weight excluding hydrogens is 390 g/mol. The quantitative estimate of drug-likeness (QED) is 0.522. The molecule has 1 unspecified atom stereocenters. The fourth-order valence-corrected chi connectivity index (χ4v) is 4.43. The molecule has 2 aromatic heterocycles. The molecule has 0 saturated heterocycles. The molecular formula is C24H25N5O2. The second-order valence-corrected chi connectivity index (χ2v) is 7.88. The first-order chi connectivity index (χ1) is 15.1. The van der Waals surface area contributed by atoms with Crippen LogP contribution in [0.5, 0.6) is 5.75 Å². The second kappa shape index (κ2) is 7.91. The van der Waals surface area contributed by atoms with E-state index in [0.717, 1.165) is 35.2 Å². The van der Waals surface area contributed by atoms with Crippen molar-refractivity contribution in [3.8, 4) is 17.0 Å². The molecule has 2 aromatic carbocycles. The minimum absolute atomic E-state index is 0.00171. The Labute approximate surface area is 180 Å². The number of ether oxygens (including phenoxy) is 1. The van der Waals surface area contributed by atoms with Gasteiger partial charge in [-0.3, -0.25) is 14.2 Å². The fourth-order valence-electron chi connectivity index (χ4n) is 4.43. The first-order valence-electron chi connectivity index (χ1n) is 10.6. The Hall–Kier alpha value is -3.61. The number of benzene rings is 2. The fraction of sp³-hybridized carbons (Fsp3) is 0.292. The molecule has 0 saturated carbocycles. The number of nitrogens with zero attached hydrogens (tertiary/aromatic N) is 4. The number of amides is 1. The van der Waals surface area contributed by atoms with E-state index in [-0.39, 0.29) is 12.0 Å². The number of aryl methyl sites for hydroxylation is 3. The van der Waals surface area contributed by atoms with E-state index in [1.165, 1.54) is 16.7 Å². The molecule has 0 aliphatic heterocycles. The van der Waals surface area contributed by atoms with Crippen LogP contribution in [0.15, 0.2) is 54.9 Å². The van der Waals surface area contributed by atoms with E-state index in [2.05, 4.69) is 33.7 Å². The standard InChI is InChI=1S/C24H25N5O2/c1-25-23(30)11-13-29-20-8-7-18(14-17(20)15-27-29)31-22-9-6-16-4-3-5-19(24(16)22)21-10-12-26-28(21)2/h3-5,7-8,10,12,14-15,22H,6,9,11,13H2,1-2H3,(H,25,30). The van der Waals surface area contributed by atoms with Crippen LogP contribution >= 0.6 is 0 Å². The van der Waals surface area contributed by atoms with E-state index in [1.807, 2.05) is 53.1 Å². The molecule has 4 aromatic rings. The van der Waals surface area contributed by atoms with Crippen LogP contribution < -0.4 is 10.1 Å². The van der Waals surface area contributed by atoms with Crippen LogP contribution in [0.4, 0.5) is 0 Å². The third-order valence-corrected chi connectivity index (χ3v) is 6.01. The lowest BCUT2D eigenvalue weighted by molar-refractivity contribution is -0.120. The summed E-state index contributed by atoms with van der Waals surface area (Å²) in [5.74, 6) is 0.837. The number of nitrogens with one attached hydrogen (secondary N) is 1. The van der Waals surface area contributed by atoms with E-state index in [9.17, 15) is 4.79 Å². The lowest BCUT2D eigenvalue weighted by Crippen LogP contribution is -2.19. The first-order valence-corrected chi connectivity index (χ1v) is 10.6. The van der Waals surface area contributed by atoms with Gasteiger partial charge >= 0.3 is 0 Å². The van der Waals surface area contributed by atoms with Gasteiger partial charge in [-0.1, -0.05) is 18.2 Å². The van der Waals surface area contributed by atoms with Gasteiger partial charge in [0.15, 0.2) is 0 Å². The first kappa shape index (κ1) is 19.4. The molecule has 1 amide bonds. The number of rotatable bonds is 6. The highest BCUT2D eigenvalue weighted by molar-refractivity contribution is 5.81. The summed E-state index contributed by atoms with van der Waals surface area (Å²) in [7, 11) is 3.61. The Kier molecular flexibility index (Phi) is 4.94. The van der Waals surface area contributed by atoms with Gasteiger partial charge in [0.05, 0.1) is 24.0 Å². The molecule has 0 spiro atoms. The molecule has 158 valence electrons. The summed E-state index contributed by atoms with van der Waals surface area (Å²) < 4.78 is 10.3. The number of fused-ring (bicyclic) bond motifs is 2. The highest BCUT2D eigenvalue weighted by Crippen LogP contribution is 2.41. The molecule has 1 aliphatic rings. The maximum atomic E-state index is 11.5. The molecule has 1 aliphatic carbocycles. The average Bonchev–Trinajstić information content (AvgIpc) is 3.50. The number of carbonyl (C=O) groups excluding carboxylic acids is 1. The summed E-state index contributed by atoms with van der Waals surface area (Å²) in [5, 5.41) is 12.4. The SMILES string of the molecule is CNC(=O)CCn1ncc2cc(OC3CCc4cccc(-c5ccnn5C)c43)ccc21. The zero-order chi connectivity index (χ0) is 21.4. The maximum Gasteiger partial charge on any atom is 0.221 e. The van der Waals surface area contributed by atoms with E-state index in [0.29, 0.717) is 13.0 Å². The summed E-state index contributed by atoms with van der Waals surface area (Å²) in [4.78, 5) is 11.5. The minimum atomic E-state index is 0.00171. The highest BCUT2D eigenvalue weighted by Gasteiger charge is 2.28. The van der Waals surface area contributed by atoms with Gasteiger partial charge in [0.2, 0.25) is 5.91 Å². The third kappa shape index (κ3) is 3.56. The topological polar surface area (TPSA) is 74.0 Å². The molecule has 0 radical (unpaired) electrons. The van der Waals surface area contributed by atoms with Crippen molar-refractivity contribution >= 4 is 16.8 Å². The van der Waals surface area contributed by atoms with Crippen LogP contribution in [0.25, 0.3) is 22.2 Å². The highest BCUT2D eigenvalue weighted by atomic mass is 16.5. The zero-order valence-corrected chi connectivity index (χ0v) is 17.7. The Morgan fingerprint density at radius 3 is 2.94 bits per heavy atom. The van der Waals surface area contributed by atoms with Crippen molar-refractivity contribution in [1.82, 2.24) is 24.9 Å². The van der Waals surface area contributed by atoms with Gasteiger partial charge in [0.25, 0.3) is 0 Å². The summed E-state index contributed by atoms with van der Waals surface area (Å²) in [6, 6.07) is 14.5. The Morgan fingerprint density at radius 1 is 1.23 bits per heavy atom. The van der Waals surface area contributed by atoms with Crippen LogP contribution in [0.2, 0.25) is 0 Å². The normalized spacial score (nSPS) is 15.2. The van der Waals surface area contributed by atoms with Crippen LogP contribution in [-0.4, -0.2) is 32.5 Å². The molecule has 2 heterocycles. The molecule has 0 bridgehead atoms. The van der Waals surface area contributed by atoms with Crippen molar-refractivity contribution in [3.63, 3.8) is 0 Å². The van der Waals surface area contributed by atoms with E-state index >= 15 is 0 Å². The van der Waals surface area contributed by atoms with Crippen LogP contribution in [0, 0.1) is 0 Å². The Balaban J connectivity index is 1.41. The molecule has 1 atom stereocenters. The van der Waals surface area contributed by atoms with Crippen LogP contribution in [0.1, 0.15) is 30.1 Å². The van der Waals surface area contributed by atoms with Crippen LogP contribution in [0.3, 0.4) is 0 Å². The van der Waals surface area contributed by atoms with Gasteiger partial charge < -0.3 is 10.1 Å². The Bertz CT molecular complexity index is 1260. The molecule has 5 rings (SSSR count). The van der Waals surface area contributed by atoms with E-state index in [1.54, 1.807) is 7.05 Å². The lowest BCUT2D eigenvalue weighted by atomic mass is 9.99. The number of aromatic nitrogens is 4. The molecule has 31 heavy (non-hydrogen) atoms. The lowest BCUT2D eigenvalue weighted by Gasteiger charge is -2.18. The smallest absolute Gasteiger partial charge is 0.221 e. The van der Waals surface area contributed by atoms with E-state index < -0.39 is 0 Å². The summed E-state index contributed by atoms with van der Waals surface area (Å²) in [6.07, 6.45) is 6.02. The molecule has 7 nitrogen and oxygen atoms in total. The summed E-state index contributed by atoms with van der Waals surface area (Å²) in [6.45, 7) is 0.549. The predicted molar refractivity (Wildman–Crippen MR) is 119 cm³/mol. The van der Waals surface area contributed by atoms with E-state index in [4.69, 9.17) is 4.74 Å². The number of carbonyl (C=O) groups is 1.